The maximum absolute atomic E-state index is 12.0. The molecule has 1 aromatic rings. The van der Waals surface area contributed by atoms with Crippen LogP contribution in [-0.4, -0.2) is 30.7 Å². The molecule has 0 heterocycles. The third-order valence-corrected chi connectivity index (χ3v) is 4.68. The summed E-state index contributed by atoms with van der Waals surface area (Å²) in [4.78, 5) is 0.0498. The maximum Gasteiger partial charge on any atom is 0.242 e. The largest absolute Gasteiger partial charge is 0.398 e. The number of rotatable bonds is 5. The highest BCUT2D eigenvalue weighted by atomic mass is 32.2. The van der Waals surface area contributed by atoms with Crippen LogP contribution in [0.5, 0.6) is 0 Å². The normalized spacial score (nSPS) is 15.4. The van der Waals surface area contributed by atoms with Crippen molar-refractivity contribution in [1.82, 2.24) is 4.72 Å². The molecule has 0 aliphatic rings. The molecule has 1 rings (SSSR count). The van der Waals surface area contributed by atoms with Crippen LogP contribution in [0.3, 0.4) is 0 Å². The Kier molecular flexibility index (Phi) is 4.67. The van der Waals surface area contributed by atoms with Gasteiger partial charge in [-0.2, -0.15) is 0 Å². The first-order chi connectivity index (χ1) is 7.83. The number of para-hydroxylation sites is 1. The van der Waals surface area contributed by atoms with Crippen molar-refractivity contribution >= 4 is 26.5 Å². The van der Waals surface area contributed by atoms with E-state index in [4.69, 9.17) is 5.73 Å². The summed E-state index contributed by atoms with van der Waals surface area (Å²) in [6, 6.07) is 5.84. The first-order valence-electron chi connectivity index (χ1n) is 5.00. The summed E-state index contributed by atoms with van der Waals surface area (Å²) in [6.07, 6.45) is 1.53. The van der Waals surface area contributed by atoms with Crippen molar-refractivity contribution in [1.29, 1.82) is 0 Å². The molecule has 0 spiro atoms. The lowest BCUT2D eigenvalue weighted by Crippen LogP contribution is -2.36. The monoisotopic (exact) mass is 276 g/mol. The van der Waals surface area contributed by atoms with Gasteiger partial charge in [-0.3, -0.25) is 4.21 Å². The number of nitrogens with one attached hydrogen (secondary N) is 1. The number of sulfonamides is 1. The molecule has 0 aromatic heterocycles. The average molecular weight is 276 g/mol. The fourth-order valence-electron chi connectivity index (χ4n) is 1.44. The Bertz CT molecular complexity index is 514. The predicted octanol–water partition coefficient (Wildman–Crippen LogP) is 0.314. The number of nitrogens with two attached hydrogens (primary N) is 1. The highest BCUT2D eigenvalue weighted by Crippen LogP contribution is 2.17. The topological polar surface area (TPSA) is 89.3 Å². The van der Waals surface area contributed by atoms with Crippen molar-refractivity contribution in [3.63, 3.8) is 0 Å². The van der Waals surface area contributed by atoms with Gasteiger partial charge in [0.25, 0.3) is 0 Å². The fourth-order valence-corrected chi connectivity index (χ4v) is 3.71. The van der Waals surface area contributed by atoms with E-state index in [2.05, 4.69) is 4.72 Å². The van der Waals surface area contributed by atoms with E-state index in [1.807, 2.05) is 0 Å². The van der Waals surface area contributed by atoms with Crippen LogP contribution in [-0.2, 0) is 20.8 Å². The Hall–Kier alpha value is -0.920. The third-order valence-electron chi connectivity index (χ3n) is 2.05. The van der Waals surface area contributed by atoms with Gasteiger partial charge in [0.2, 0.25) is 10.0 Å². The van der Waals surface area contributed by atoms with Crippen LogP contribution in [0.1, 0.15) is 6.92 Å². The minimum atomic E-state index is -3.65. The summed E-state index contributed by atoms with van der Waals surface area (Å²) >= 11 is 0. The van der Waals surface area contributed by atoms with Crippen molar-refractivity contribution in [2.24, 2.45) is 0 Å². The molecule has 2 unspecified atom stereocenters. The molecule has 7 heteroatoms. The van der Waals surface area contributed by atoms with Crippen LogP contribution in [0.25, 0.3) is 0 Å². The van der Waals surface area contributed by atoms with E-state index in [1.54, 1.807) is 19.1 Å². The molecule has 2 atom stereocenters. The SMILES string of the molecule is CC(CS(C)=O)NS(=O)(=O)c1ccccc1N. The molecule has 0 saturated heterocycles. The van der Waals surface area contributed by atoms with Gasteiger partial charge >= 0.3 is 0 Å². The van der Waals surface area contributed by atoms with Crippen LogP contribution in [0, 0.1) is 0 Å². The Balaban J connectivity index is 2.90. The van der Waals surface area contributed by atoms with Gasteiger partial charge in [0, 0.05) is 28.9 Å². The molecule has 0 fully saturated rings. The fraction of sp³-hybridized carbons (Fsp3) is 0.400. The van der Waals surface area contributed by atoms with E-state index in [0.717, 1.165) is 0 Å². The highest BCUT2D eigenvalue weighted by molar-refractivity contribution is 7.89. The minimum absolute atomic E-state index is 0.0498. The molecule has 1 aromatic carbocycles. The first kappa shape index (κ1) is 14.1. The van der Waals surface area contributed by atoms with E-state index < -0.39 is 26.9 Å². The predicted molar refractivity (Wildman–Crippen MR) is 69.6 cm³/mol. The van der Waals surface area contributed by atoms with Crippen molar-refractivity contribution in [2.45, 2.75) is 17.9 Å². The summed E-state index contributed by atoms with van der Waals surface area (Å²) in [5.74, 6) is 0.270. The zero-order chi connectivity index (χ0) is 13.1. The second-order valence-corrected chi connectivity index (χ2v) is 6.96. The summed E-state index contributed by atoms with van der Waals surface area (Å²) in [6.45, 7) is 1.66. The summed E-state index contributed by atoms with van der Waals surface area (Å²) < 4.78 is 37.3. The van der Waals surface area contributed by atoms with Crippen LogP contribution in [0.4, 0.5) is 5.69 Å². The van der Waals surface area contributed by atoms with Gasteiger partial charge in [-0.1, -0.05) is 12.1 Å². The van der Waals surface area contributed by atoms with E-state index in [0.29, 0.717) is 0 Å². The van der Waals surface area contributed by atoms with Gasteiger partial charge < -0.3 is 5.73 Å². The molecule has 0 bridgehead atoms. The van der Waals surface area contributed by atoms with Gasteiger partial charge in [-0.15, -0.1) is 0 Å². The quantitative estimate of drug-likeness (QED) is 0.758. The molecular weight excluding hydrogens is 260 g/mol. The van der Waals surface area contributed by atoms with Crippen LogP contribution < -0.4 is 10.5 Å². The molecule has 5 nitrogen and oxygen atoms in total. The molecule has 0 aliphatic heterocycles. The van der Waals surface area contributed by atoms with E-state index in [-0.39, 0.29) is 16.3 Å². The van der Waals surface area contributed by atoms with E-state index >= 15 is 0 Å². The molecule has 3 N–H and O–H groups in total. The number of benzene rings is 1. The van der Waals surface area contributed by atoms with Gasteiger partial charge in [0.15, 0.2) is 0 Å². The van der Waals surface area contributed by atoms with Crippen molar-refractivity contribution in [2.75, 3.05) is 17.7 Å². The highest BCUT2D eigenvalue weighted by Gasteiger charge is 2.19. The molecule has 0 saturated carbocycles. The van der Waals surface area contributed by atoms with E-state index in [1.165, 1.54) is 18.4 Å². The van der Waals surface area contributed by atoms with Crippen LogP contribution in [0.2, 0.25) is 0 Å². The number of nitrogen functional groups attached to an aromatic ring is 1. The molecule has 0 aliphatic carbocycles. The average Bonchev–Trinajstić information content (AvgIpc) is 2.15. The van der Waals surface area contributed by atoms with Crippen LogP contribution in [0.15, 0.2) is 29.2 Å². The number of anilines is 1. The Morgan fingerprint density at radius 2 is 2.00 bits per heavy atom. The van der Waals surface area contributed by atoms with Gasteiger partial charge in [0.1, 0.15) is 4.90 Å². The lowest BCUT2D eigenvalue weighted by atomic mass is 10.3. The van der Waals surface area contributed by atoms with Gasteiger partial charge in [0.05, 0.1) is 5.69 Å². The molecule has 17 heavy (non-hydrogen) atoms. The summed E-state index contributed by atoms with van der Waals surface area (Å²) in [5, 5.41) is 0. The summed E-state index contributed by atoms with van der Waals surface area (Å²) in [7, 11) is -4.70. The minimum Gasteiger partial charge on any atom is -0.398 e. The molecule has 0 amide bonds. The standard InChI is InChI=1S/C10H16N2O3S2/c1-8(7-16(2)13)12-17(14,15)10-6-4-3-5-9(10)11/h3-6,8,12H,7,11H2,1-2H3. The summed E-state index contributed by atoms with van der Waals surface area (Å²) in [5.41, 5.74) is 5.80. The maximum atomic E-state index is 12.0. The lowest BCUT2D eigenvalue weighted by molar-refractivity contribution is 0.570. The van der Waals surface area contributed by atoms with Crippen LogP contribution >= 0.6 is 0 Å². The second kappa shape index (κ2) is 5.61. The smallest absolute Gasteiger partial charge is 0.242 e. The molecule has 0 radical (unpaired) electrons. The van der Waals surface area contributed by atoms with Crippen molar-refractivity contribution < 1.29 is 12.6 Å². The van der Waals surface area contributed by atoms with Gasteiger partial charge in [-0.25, -0.2) is 13.1 Å². The van der Waals surface area contributed by atoms with Gasteiger partial charge in [-0.05, 0) is 19.1 Å². The lowest BCUT2D eigenvalue weighted by Gasteiger charge is -2.13. The van der Waals surface area contributed by atoms with Crippen molar-refractivity contribution in [3.8, 4) is 0 Å². The Labute approximate surface area is 104 Å². The number of hydrogen-bond acceptors (Lipinski definition) is 4. The van der Waals surface area contributed by atoms with E-state index in [9.17, 15) is 12.6 Å². The third kappa shape index (κ3) is 4.10. The second-order valence-electron chi connectivity index (χ2n) is 3.80. The van der Waals surface area contributed by atoms with Crippen molar-refractivity contribution in [3.05, 3.63) is 24.3 Å². The Morgan fingerprint density at radius 3 is 2.53 bits per heavy atom. The first-order valence-corrected chi connectivity index (χ1v) is 8.21. The molecular formula is C10H16N2O3S2. The zero-order valence-electron chi connectivity index (χ0n) is 9.71. The Morgan fingerprint density at radius 1 is 1.41 bits per heavy atom. The molecule has 96 valence electrons. The number of hydrogen-bond donors (Lipinski definition) is 2. The zero-order valence-corrected chi connectivity index (χ0v) is 11.3.